The summed E-state index contributed by atoms with van der Waals surface area (Å²) >= 11 is 0. The van der Waals surface area contributed by atoms with Gasteiger partial charge >= 0.3 is 0 Å². The summed E-state index contributed by atoms with van der Waals surface area (Å²) in [6.45, 7) is 9.17. The average molecular weight is 784 g/mol. The van der Waals surface area contributed by atoms with Crippen molar-refractivity contribution < 1.29 is 27.6 Å². The monoisotopic (exact) mass is 783 g/mol. The minimum Gasteiger partial charge on any atom is -0.344 e. The van der Waals surface area contributed by atoms with Crippen molar-refractivity contribution in [2.45, 2.75) is 107 Å². The number of fused-ring (bicyclic) bond motifs is 6. The molecule has 2 aliphatic heterocycles. The first kappa shape index (κ1) is 39.1. The van der Waals surface area contributed by atoms with Crippen LogP contribution < -0.4 is 20.9 Å². The zero-order chi connectivity index (χ0) is 40.0. The van der Waals surface area contributed by atoms with Gasteiger partial charge in [0.1, 0.15) is 17.6 Å². The minimum absolute atomic E-state index is 0.0248. The summed E-state index contributed by atoms with van der Waals surface area (Å²) in [5, 5.41) is 10.6. The number of benzene rings is 1. The van der Waals surface area contributed by atoms with E-state index in [2.05, 4.69) is 32.0 Å². The molecule has 2 unspecified atom stereocenters. The van der Waals surface area contributed by atoms with Crippen molar-refractivity contribution in [2.75, 3.05) is 6.54 Å². The van der Waals surface area contributed by atoms with E-state index < -0.39 is 68.0 Å². The number of aromatic nitrogens is 3. The quantitative estimate of drug-likeness (QED) is 0.302. The van der Waals surface area contributed by atoms with Gasteiger partial charge in [0, 0.05) is 48.0 Å². The van der Waals surface area contributed by atoms with E-state index in [0.717, 1.165) is 16.5 Å². The molecule has 1 aromatic carbocycles. The first-order valence-electron chi connectivity index (χ1n) is 19.3. The largest absolute Gasteiger partial charge is 0.344 e. The van der Waals surface area contributed by atoms with Gasteiger partial charge in [0.2, 0.25) is 27.7 Å². The van der Waals surface area contributed by atoms with Crippen molar-refractivity contribution in [3.63, 3.8) is 0 Å². The fourth-order valence-electron chi connectivity index (χ4n) is 7.97. The van der Waals surface area contributed by atoms with E-state index in [9.17, 15) is 32.4 Å². The van der Waals surface area contributed by atoms with Crippen LogP contribution >= 0.6 is 0 Å². The molecule has 14 nitrogen and oxygen atoms in total. The Morgan fingerprint density at radius 3 is 2.52 bits per heavy atom. The molecule has 4 heterocycles. The second-order valence-electron chi connectivity index (χ2n) is 16.5. The zero-order valence-electron chi connectivity index (χ0n) is 32.0. The van der Waals surface area contributed by atoms with Crippen molar-refractivity contribution in [1.29, 1.82) is 0 Å². The second kappa shape index (κ2) is 15.1. The lowest BCUT2D eigenvalue weighted by Crippen LogP contribution is -2.60. The number of rotatable bonds is 7. The Labute approximate surface area is 326 Å². The van der Waals surface area contributed by atoms with E-state index >= 15 is 0 Å². The Hall–Kier alpha value is -5.18. The third-order valence-electron chi connectivity index (χ3n) is 11.4. The molecular weight excluding hydrogens is 735 g/mol. The summed E-state index contributed by atoms with van der Waals surface area (Å²) in [5.74, 6) is -2.90. The van der Waals surface area contributed by atoms with Crippen LogP contribution in [0.5, 0.6) is 0 Å². The van der Waals surface area contributed by atoms with E-state index in [4.69, 9.17) is 0 Å². The number of allylic oxidation sites excluding steroid dienone is 2. The number of pyridine rings is 1. The van der Waals surface area contributed by atoms with Crippen molar-refractivity contribution >= 4 is 44.6 Å². The van der Waals surface area contributed by atoms with Crippen molar-refractivity contribution in [1.82, 2.24) is 35.0 Å². The van der Waals surface area contributed by atoms with Crippen LogP contribution in [-0.2, 0) is 35.6 Å². The molecule has 15 heteroatoms. The summed E-state index contributed by atoms with van der Waals surface area (Å²) in [6, 6.07) is 6.55. The number of nitrogens with one attached hydrogen (secondary N) is 3. The highest BCUT2D eigenvalue weighted by Gasteiger charge is 2.62. The Balaban J connectivity index is 1.29. The van der Waals surface area contributed by atoms with Gasteiger partial charge in [-0.15, -0.1) is 6.58 Å². The van der Waals surface area contributed by atoms with Crippen molar-refractivity contribution in [2.24, 2.45) is 11.3 Å². The van der Waals surface area contributed by atoms with Gasteiger partial charge in [0.15, 0.2) is 0 Å². The van der Waals surface area contributed by atoms with Crippen LogP contribution in [0.3, 0.4) is 0 Å². The number of amides is 4. The Kier molecular flexibility index (Phi) is 10.5. The maximum Gasteiger partial charge on any atom is 0.270 e. The number of hydrogen-bond donors (Lipinski definition) is 3. The number of carbonyl (C=O) groups excluding carboxylic acids is 4. The van der Waals surface area contributed by atoms with E-state index in [1.165, 1.54) is 15.7 Å². The van der Waals surface area contributed by atoms with Crippen LogP contribution in [0.1, 0.15) is 83.7 Å². The summed E-state index contributed by atoms with van der Waals surface area (Å²) in [4.78, 5) is 76.5. The highest BCUT2D eigenvalue weighted by molar-refractivity contribution is 7.91. The van der Waals surface area contributed by atoms with E-state index in [0.29, 0.717) is 49.7 Å². The molecule has 56 heavy (non-hydrogen) atoms. The smallest absolute Gasteiger partial charge is 0.270 e. The molecule has 0 radical (unpaired) electrons. The molecule has 4 amide bonds. The average Bonchev–Trinajstić information content (AvgIpc) is 4.09. The van der Waals surface area contributed by atoms with Crippen molar-refractivity contribution in [3.8, 4) is 11.1 Å². The third-order valence-corrected chi connectivity index (χ3v) is 13.2. The van der Waals surface area contributed by atoms with E-state index in [1.807, 2.05) is 63.3 Å². The van der Waals surface area contributed by atoms with E-state index in [1.54, 1.807) is 12.4 Å². The molecular formula is C41H49N7O7S. The molecule has 2 saturated carbocycles. The summed E-state index contributed by atoms with van der Waals surface area (Å²) in [5.41, 5.74) is 0.0706. The number of carbonyl (C=O) groups is 4. The van der Waals surface area contributed by atoms with Crippen molar-refractivity contribution in [3.05, 3.63) is 83.4 Å². The molecule has 2 aromatic heterocycles. The standard InChI is InChI=1S/C41H49N7O7S/c1-5-25-22-41(25,39(53)46-56(54,55)27-18-19-27)45-36(50)33-21-26-24-47(33)38(52)35(40(2,3)4)44-34(49)17-10-8-6-7-9-13-30-31(23-43-48(26)37(30)51)28-14-11-16-32-29(28)15-12-20-42-32/h5-7,11-12,14-16,20,23,25-27,33,35H,1,8-10,13,17-19,21-22,24H2,2-4H3,(H,44,49)(H,45,50)(H,46,53)/b7-6+/t25-,26?,33+,35-,41?/m1/s1. The number of nitrogens with zero attached hydrogens (tertiary/aromatic N) is 4. The molecule has 0 spiro atoms. The summed E-state index contributed by atoms with van der Waals surface area (Å²) < 4.78 is 29.0. The predicted octanol–water partition coefficient (Wildman–Crippen LogP) is 3.47. The first-order chi connectivity index (χ1) is 26.6. The van der Waals surface area contributed by atoms with Crippen LogP contribution in [0.4, 0.5) is 0 Å². The fraction of sp³-hybridized carbons (Fsp3) is 0.488. The van der Waals surface area contributed by atoms with Crippen LogP contribution in [-0.4, -0.2) is 81.1 Å². The van der Waals surface area contributed by atoms with E-state index in [-0.39, 0.29) is 37.3 Å². The third kappa shape index (κ3) is 7.65. The van der Waals surface area contributed by atoms with Crippen LogP contribution in [0.15, 0.2) is 72.3 Å². The lowest BCUT2D eigenvalue weighted by atomic mass is 9.85. The van der Waals surface area contributed by atoms with Gasteiger partial charge in [0.05, 0.1) is 23.0 Å². The lowest BCUT2D eigenvalue weighted by molar-refractivity contribution is -0.144. The molecule has 7 rings (SSSR count). The van der Waals surface area contributed by atoms with Gasteiger partial charge in [-0.1, -0.05) is 57.2 Å². The highest BCUT2D eigenvalue weighted by Crippen LogP contribution is 2.46. The SMILES string of the molecule is C=C[C@@H]1CC1(NC(=O)[C@@H]1CC2CN1C(=O)[C@H](C(C)(C)C)NC(=O)CCC/C=C/CCc1c(-c3cccc4ncccc34)cnn2c1=O)C(=O)NS(=O)(=O)C1CC1. The predicted molar refractivity (Wildman–Crippen MR) is 210 cm³/mol. The first-order valence-corrected chi connectivity index (χ1v) is 20.9. The lowest BCUT2D eigenvalue weighted by Gasteiger charge is -2.35. The molecule has 3 aromatic rings. The Bertz CT molecular complexity index is 2290. The molecule has 5 atom stereocenters. The van der Waals surface area contributed by atoms with Gasteiger partial charge < -0.3 is 15.5 Å². The molecule has 4 aliphatic rings. The summed E-state index contributed by atoms with van der Waals surface area (Å²) in [7, 11) is -3.92. The van der Waals surface area contributed by atoms with Gasteiger partial charge in [0.25, 0.3) is 11.5 Å². The van der Waals surface area contributed by atoms with Crippen LogP contribution in [0.25, 0.3) is 22.0 Å². The minimum atomic E-state index is -3.92. The van der Waals surface area contributed by atoms with Crippen LogP contribution in [0.2, 0.25) is 0 Å². The zero-order valence-corrected chi connectivity index (χ0v) is 32.8. The van der Waals surface area contributed by atoms with Gasteiger partial charge in [-0.3, -0.25) is 33.7 Å². The fourth-order valence-corrected chi connectivity index (χ4v) is 9.33. The molecule has 3 N–H and O–H groups in total. The van der Waals surface area contributed by atoms with Gasteiger partial charge in [-0.05, 0) is 68.1 Å². The normalized spacial score (nSPS) is 26.5. The maximum atomic E-state index is 14.7. The maximum absolute atomic E-state index is 14.7. The highest BCUT2D eigenvalue weighted by atomic mass is 32.2. The van der Waals surface area contributed by atoms with Gasteiger partial charge in [-0.2, -0.15) is 5.10 Å². The molecule has 3 fully saturated rings. The summed E-state index contributed by atoms with van der Waals surface area (Å²) in [6.07, 6.45) is 12.2. The topological polar surface area (TPSA) is 190 Å². The Morgan fingerprint density at radius 2 is 1.80 bits per heavy atom. The van der Waals surface area contributed by atoms with Gasteiger partial charge in [-0.25, -0.2) is 13.1 Å². The molecule has 4 bridgehead atoms. The van der Waals surface area contributed by atoms with Crippen LogP contribution in [0, 0.1) is 11.3 Å². The second-order valence-corrected chi connectivity index (χ2v) is 18.5. The Morgan fingerprint density at radius 1 is 1.04 bits per heavy atom. The molecule has 2 aliphatic carbocycles. The molecule has 296 valence electrons. The molecule has 1 saturated heterocycles. The number of sulfonamides is 1. The number of hydrogen-bond acceptors (Lipinski definition) is 9.